The van der Waals surface area contributed by atoms with Gasteiger partial charge in [-0.1, -0.05) is 24.3 Å². The Kier molecular flexibility index (Phi) is 2.73. The van der Waals surface area contributed by atoms with Crippen LogP contribution in [0.2, 0.25) is 0 Å². The minimum Gasteiger partial charge on any atom is -0.465 e. The summed E-state index contributed by atoms with van der Waals surface area (Å²) in [5, 5.41) is 0. The number of carbonyl (C=O) groups is 3. The molecule has 2 bridgehead atoms. The summed E-state index contributed by atoms with van der Waals surface area (Å²) >= 11 is 0. The van der Waals surface area contributed by atoms with Crippen molar-refractivity contribution in [2.45, 2.75) is 6.42 Å². The van der Waals surface area contributed by atoms with Gasteiger partial charge in [-0.25, -0.2) is 9.69 Å². The molecule has 0 spiro atoms. The number of para-hydroxylation sites is 1. The van der Waals surface area contributed by atoms with E-state index >= 15 is 0 Å². The number of carbonyl (C=O) groups excluding carboxylic acids is 3. The Labute approximate surface area is 127 Å². The molecule has 5 nitrogen and oxygen atoms in total. The summed E-state index contributed by atoms with van der Waals surface area (Å²) < 4.78 is 4.76. The molecule has 2 amide bonds. The second-order valence-corrected chi connectivity index (χ2v) is 6.02. The van der Waals surface area contributed by atoms with Crippen LogP contribution in [0.15, 0.2) is 36.4 Å². The second kappa shape index (κ2) is 4.53. The summed E-state index contributed by atoms with van der Waals surface area (Å²) in [6, 6.07) is 6.59. The third-order valence-corrected chi connectivity index (χ3v) is 5.02. The standard InChI is InChI=1S/C17H15NO4/c1-22-17(21)11-4-2-3-5-12(11)18-15(19)13-9-6-7-10(8-9)14(13)16(18)20/h2-7,9-10,13-14H,8H2,1H3/t9-,10-,13-,14+/m0/s1. The van der Waals surface area contributed by atoms with E-state index in [2.05, 4.69) is 0 Å². The highest BCUT2D eigenvalue weighted by Crippen LogP contribution is 2.53. The number of nitrogens with zero attached hydrogens (tertiary/aromatic N) is 1. The normalized spacial score (nSPS) is 31.8. The number of hydrogen-bond acceptors (Lipinski definition) is 4. The smallest absolute Gasteiger partial charge is 0.339 e. The zero-order valence-electron chi connectivity index (χ0n) is 12.1. The van der Waals surface area contributed by atoms with Crippen LogP contribution >= 0.6 is 0 Å². The largest absolute Gasteiger partial charge is 0.465 e. The molecular formula is C17H15NO4. The lowest BCUT2D eigenvalue weighted by Gasteiger charge is -2.19. The van der Waals surface area contributed by atoms with Gasteiger partial charge in [0.2, 0.25) is 11.8 Å². The zero-order chi connectivity index (χ0) is 15.4. The number of fused-ring (bicyclic) bond motifs is 5. The Hall–Kier alpha value is -2.43. The molecule has 0 aromatic heterocycles. The highest BCUT2D eigenvalue weighted by molar-refractivity contribution is 6.24. The summed E-state index contributed by atoms with van der Waals surface area (Å²) in [5.41, 5.74) is 0.574. The number of rotatable bonds is 2. The lowest BCUT2D eigenvalue weighted by molar-refractivity contribution is -0.123. The Balaban J connectivity index is 1.78. The van der Waals surface area contributed by atoms with Crippen molar-refractivity contribution in [2.75, 3.05) is 12.0 Å². The molecule has 4 rings (SSSR count). The number of anilines is 1. The SMILES string of the molecule is COC(=O)c1ccccc1N1C(=O)[C@@H]2[C@H](C1=O)[C@H]1C=C[C@H]2C1. The van der Waals surface area contributed by atoms with E-state index in [1.807, 2.05) is 12.2 Å². The first kappa shape index (κ1) is 13.2. The van der Waals surface area contributed by atoms with Gasteiger partial charge in [-0.15, -0.1) is 0 Å². The molecule has 0 N–H and O–H groups in total. The monoisotopic (exact) mass is 297 g/mol. The number of hydrogen-bond donors (Lipinski definition) is 0. The third-order valence-electron chi connectivity index (χ3n) is 5.02. The van der Waals surface area contributed by atoms with Gasteiger partial charge in [0.1, 0.15) is 0 Å². The van der Waals surface area contributed by atoms with E-state index in [1.54, 1.807) is 24.3 Å². The van der Waals surface area contributed by atoms with E-state index in [0.29, 0.717) is 5.69 Å². The van der Waals surface area contributed by atoms with Gasteiger partial charge < -0.3 is 4.74 Å². The van der Waals surface area contributed by atoms with Crippen LogP contribution in [0.4, 0.5) is 5.69 Å². The average Bonchev–Trinajstić information content (AvgIpc) is 3.21. The number of allylic oxidation sites excluding steroid dienone is 2. The first-order chi connectivity index (χ1) is 10.6. The van der Waals surface area contributed by atoms with Crippen molar-refractivity contribution in [3.63, 3.8) is 0 Å². The minimum absolute atomic E-state index is 0.154. The molecule has 3 aliphatic rings. The molecule has 1 saturated heterocycles. The topological polar surface area (TPSA) is 63.7 Å². The molecule has 1 aromatic carbocycles. The van der Waals surface area contributed by atoms with Gasteiger partial charge in [-0.3, -0.25) is 9.59 Å². The van der Waals surface area contributed by atoms with Crippen molar-refractivity contribution in [1.82, 2.24) is 0 Å². The van der Waals surface area contributed by atoms with Gasteiger partial charge in [0, 0.05) is 0 Å². The predicted octanol–water partition coefficient (Wildman–Crippen LogP) is 1.78. The highest BCUT2D eigenvalue weighted by atomic mass is 16.5. The highest BCUT2D eigenvalue weighted by Gasteiger charge is 2.59. The van der Waals surface area contributed by atoms with Crippen LogP contribution in [0.1, 0.15) is 16.8 Å². The van der Waals surface area contributed by atoms with E-state index in [0.717, 1.165) is 6.42 Å². The van der Waals surface area contributed by atoms with Gasteiger partial charge >= 0.3 is 5.97 Å². The molecule has 1 heterocycles. The molecule has 2 aliphatic carbocycles. The minimum atomic E-state index is -0.547. The summed E-state index contributed by atoms with van der Waals surface area (Å²) in [6.45, 7) is 0. The summed E-state index contributed by atoms with van der Waals surface area (Å²) in [5.74, 6) is -1.16. The lowest BCUT2D eigenvalue weighted by atomic mass is 9.85. The molecular weight excluding hydrogens is 282 g/mol. The maximum atomic E-state index is 12.8. The summed E-state index contributed by atoms with van der Waals surface area (Å²) in [4.78, 5) is 38.6. The fraction of sp³-hybridized carbons (Fsp3) is 0.353. The number of esters is 1. The average molecular weight is 297 g/mol. The maximum Gasteiger partial charge on any atom is 0.339 e. The number of imide groups is 1. The molecule has 4 atom stereocenters. The Bertz CT molecular complexity index is 693. The second-order valence-electron chi connectivity index (χ2n) is 6.02. The number of methoxy groups -OCH3 is 1. The van der Waals surface area contributed by atoms with Crippen LogP contribution in [0, 0.1) is 23.7 Å². The van der Waals surface area contributed by atoms with Crippen molar-refractivity contribution in [3.8, 4) is 0 Å². The summed E-state index contributed by atoms with van der Waals surface area (Å²) in [6.07, 6.45) is 4.98. The van der Waals surface area contributed by atoms with Crippen LogP contribution in [-0.4, -0.2) is 24.9 Å². The van der Waals surface area contributed by atoms with Gasteiger partial charge in [-0.05, 0) is 30.4 Å². The van der Waals surface area contributed by atoms with Crippen molar-refractivity contribution in [3.05, 3.63) is 42.0 Å². The molecule has 5 heteroatoms. The van der Waals surface area contributed by atoms with Crippen molar-refractivity contribution in [2.24, 2.45) is 23.7 Å². The molecule has 2 fully saturated rings. The Morgan fingerprint density at radius 1 is 1.09 bits per heavy atom. The van der Waals surface area contributed by atoms with Crippen LogP contribution in [0.3, 0.4) is 0 Å². The van der Waals surface area contributed by atoms with Gasteiger partial charge in [-0.2, -0.15) is 0 Å². The molecule has 1 saturated carbocycles. The maximum absolute atomic E-state index is 12.8. The Morgan fingerprint density at radius 3 is 2.27 bits per heavy atom. The molecule has 1 aromatic rings. The quantitative estimate of drug-likeness (QED) is 0.474. The molecule has 0 unspecified atom stereocenters. The van der Waals surface area contributed by atoms with Crippen LogP contribution in [0.25, 0.3) is 0 Å². The lowest BCUT2D eigenvalue weighted by Crippen LogP contribution is -2.34. The van der Waals surface area contributed by atoms with Gasteiger partial charge in [0.05, 0.1) is 30.2 Å². The van der Waals surface area contributed by atoms with Gasteiger partial charge in [0.15, 0.2) is 0 Å². The number of benzene rings is 1. The third kappa shape index (κ3) is 1.56. The van der Waals surface area contributed by atoms with Crippen LogP contribution in [-0.2, 0) is 14.3 Å². The number of ether oxygens (including phenoxy) is 1. The van der Waals surface area contributed by atoms with Crippen molar-refractivity contribution in [1.29, 1.82) is 0 Å². The van der Waals surface area contributed by atoms with Crippen molar-refractivity contribution < 1.29 is 19.1 Å². The van der Waals surface area contributed by atoms with E-state index in [4.69, 9.17) is 4.74 Å². The van der Waals surface area contributed by atoms with E-state index in [1.165, 1.54) is 12.0 Å². The fourth-order valence-corrected chi connectivity index (χ4v) is 4.09. The van der Waals surface area contributed by atoms with E-state index in [-0.39, 0.29) is 41.0 Å². The van der Waals surface area contributed by atoms with E-state index in [9.17, 15) is 14.4 Å². The Morgan fingerprint density at radius 2 is 1.68 bits per heavy atom. The molecule has 0 radical (unpaired) electrons. The first-order valence-electron chi connectivity index (χ1n) is 7.37. The molecule has 112 valence electrons. The van der Waals surface area contributed by atoms with Crippen LogP contribution in [0.5, 0.6) is 0 Å². The summed E-state index contributed by atoms with van der Waals surface area (Å²) in [7, 11) is 1.28. The fourth-order valence-electron chi connectivity index (χ4n) is 4.09. The van der Waals surface area contributed by atoms with Crippen molar-refractivity contribution >= 4 is 23.5 Å². The molecule has 1 aliphatic heterocycles. The zero-order valence-corrected chi connectivity index (χ0v) is 12.1. The van der Waals surface area contributed by atoms with E-state index < -0.39 is 5.97 Å². The predicted molar refractivity (Wildman–Crippen MR) is 78.0 cm³/mol. The molecule has 22 heavy (non-hydrogen) atoms. The number of amides is 2. The first-order valence-corrected chi connectivity index (χ1v) is 7.37. The van der Waals surface area contributed by atoms with Gasteiger partial charge in [0.25, 0.3) is 0 Å². The van der Waals surface area contributed by atoms with Crippen LogP contribution < -0.4 is 4.90 Å².